The van der Waals surface area contributed by atoms with Gasteiger partial charge in [-0.15, -0.1) is 5.10 Å². The van der Waals surface area contributed by atoms with Crippen molar-refractivity contribution < 1.29 is 9.47 Å². The summed E-state index contributed by atoms with van der Waals surface area (Å²) in [6, 6.07) is 8.19. The van der Waals surface area contributed by atoms with Crippen molar-refractivity contribution in [1.82, 2.24) is 20.3 Å². The number of nitrogens with zero attached hydrogens (tertiary/aromatic N) is 3. The Bertz CT molecular complexity index is 535. The second-order valence-corrected chi connectivity index (χ2v) is 4.74. The van der Waals surface area contributed by atoms with Gasteiger partial charge in [0.1, 0.15) is 5.69 Å². The summed E-state index contributed by atoms with van der Waals surface area (Å²) in [6.07, 6.45) is 2.48. The topological polar surface area (TPSA) is 61.2 Å². The lowest BCUT2D eigenvalue weighted by molar-refractivity contribution is -0.133. The molecule has 0 fully saturated rings. The molecular weight excluding hydrogens is 268 g/mol. The summed E-state index contributed by atoms with van der Waals surface area (Å²) in [5, 5.41) is 11.4. The number of rotatable bonds is 8. The van der Waals surface area contributed by atoms with E-state index in [-0.39, 0.29) is 6.29 Å². The number of methoxy groups -OCH3 is 1. The molecule has 0 amide bonds. The Hall–Kier alpha value is -1.76. The zero-order valence-electron chi connectivity index (χ0n) is 12.7. The lowest BCUT2D eigenvalue weighted by atomic mass is 10.2. The van der Waals surface area contributed by atoms with Crippen molar-refractivity contribution in [2.24, 2.45) is 0 Å². The van der Waals surface area contributed by atoms with Gasteiger partial charge in [0.2, 0.25) is 0 Å². The molecule has 1 aromatic heterocycles. The van der Waals surface area contributed by atoms with Gasteiger partial charge in [0.05, 0.1) is 18.5 Å². The minimum Gasteiger partial charge on any atom is -0.356 e. The zero-order chi connectivity index (χ0) is 15.1. The monoisotopic (exact) mass is 290 g/mol. The summed E-state index contributed by atoms with van der Waals surface area (Å²) in [6.45, 7) is 3.26. The Labute approximate surface area is 125 Å². The molecule has 2 aromatic rings. The Balaban J connectivity index is 1.98. The highest BCUT2D eigenvalue weighted by Gasteiger charge is 2.07. The van der Waals surface area contributed by atoms with Gasteiger partial charge in [-0.3, -0.25) is 0 Å². The van der Waals surface area contributed by atoms with Crippen LogP contribution >= 0.6 is 0 Å². The third kappa shape index (κ3) is 4.35. The average molecular weight is 290 g/mol. The van der Waals surface area contributed by atoms with Crippen LogP contribution in [0.15, 0.2) is 30.5 Å². The van der Waals surface area contributed by atoms with Crippen LogP contribution < -0.4 is 5.32 Å². The van der Waals surface area contributed by atoms with E-state index in [2.05, 4.69) is 27.8 Å². The highest BCUT2D eigenvalue weighted by atomic mass is 16.7. The molecule has 6 heteroatoms. The van der Waals surface area contributed by atoms with E-state index in [0.29, 0.717) is 6.61 Å². The molecule has 1 heterocycles. The van der Waals surface area contributed by atoms with E-state index in [0.717, 1.165) is 24.3 Å². The maximum atomic E-state index is 5.58. The number of hydrogen-bond acceptors (Lipinski definition) is 5. The minimum absolute atomic E-state index is 0.198. The van der Waals surface area contributed by atoms with Gasteiger partial charge in [-0.25, -0.2) is 4.68 Å². The third-order valence-electron chi connectivity index (χ3n) is 3.14. The Morgan fingerprint density at radius 3 is 2.67 bits per heavy atom. The fourth-order valence-electron chi connectivity index (χ4n) is 1.99. The molecule has 0 aliphatic heterocycles. The highest BCUT2D eigenvalue weighted by Crippen LogP contribution is 2.10. The van der Waals surface area contributed by atoms with Crippen molar-refractivity contribution >= 4 is 0 Å². The fourth-order valence-corrected chi connectivity index (χ4v) is 1.99. The summed E-state index contributed by atoms with van der Waals surface area (Å²) >= 11 is 0. The number of ether oxygens (including phenoxy) is 2. The molecule has 0 radical (unpaired) electrons. The van der Waals surface area contributed by atoms with E-state index >= 15 is 0 Å². The highest BCUT2D eigenvalue weighted by molar-refractivity contribution is 5.33. The van der Waals surface area contributed by atoms with Crippen LogP contribution in [0.25, 0.3) is 5.69 Å². The molecule has 2 rings (SSSR count). The summed E-state index contributed by atoms with van der Waals surface area (Å²) in [5.74, 6) is 0. The van der Waals surface area contributed by atoms with Crippen molar-refractivity contribution in [3.63, 3.8) is 0 Å². The Morgan fingerprint density at radius 2 is 2.05 bits per heavy atom. The second-order valence-electron chi connectivity index (χ2n) is 4.74. The van der Waals surface area contributed by atoms with Gasteiger partial charge >= 0.3 is 0 Å². The molecule has 0 saturated heterocycles. The normalized spacial score (nSPS) is 12.5. The molecule has 1 aromatic carbocycles. The van der Waals surface area contributed by atoms with E-state index in [9.17, 15) is 0 Å². The molecule has 0 bridgehead atoms. The van der Waals surface area contributed by atoms with Crippen LogP contribution in [-0.4, -0.2) is 35.4 Å². The standard InChI is InChI=1S/C15H22N4O2/c1-4-15(20-3)21-11-13-10-19(18-17-13)14-7-5-12(6-8-14)9-16-2/h5-8,10,15-16H,4,9,11H2,1-3H3. The van der Waals surface area contributed by atoms with Crippen LogP contribution in [0.3, 0.4) is 0 Å². The summed E-state index contributed by atoms with van der Waals surface area (Å²) < 4.78 is 12.5. The van der Waals surface area contributed by atoms with Crippen LogP contribution in [0.5, 0.6) is 0 Å². The molecule has 6 nitrogen and oxygen atoms in total. The molecule has 1 atom stereocenters. The first-order valence-corrected chi connectivity index (χ1v) is 7.06. The van der Waals surface area contributed by atoms with E-state index in [1.807, 2.05) is 32.3 Å². The van der Waals surface area contributed by atoms with E-state index in [1.54, 1.807) is 11.8 Å². The molecule has 0 aliphatic carbocycles. The van der Waals surface area contributed by atoms with Gasteiger partial charge in [-0.2, -0.15) is 0 Å². The first-order valence-electron chi connectivity index (χ1n) is 7.06. The zero-order valence-corrected chi connectivity index (χ0v) is 12.7. The quantitative estimate of drug-likeness (QED) is 0.752. The number of nitrogens with one attached hydrogen (secondary N) is 1. The second kappa shape index (κ2) is 7.87. The smallest absolute Gasteiger partial charge is 0.157 e. The van der Waals surface area contributed by atoms with Crippen LogP contribution in [-0.2, 0) is 22.6 Å². The number of hydrogen-bond donors (Lipinski definition) is 1. The lowest BCUT2D eigenvalue weighted by Gasteiger charge is -2.12. The average Bonchev–Trinajstić information content (AvgIpc) is 2.98. The van der Waals surface area contributed by atoms with Crippen molar-refractivity contribution in [2.45, 2.75) is 32.8 Å². The number of benzene rings is 1. The predicted molar refractivity (Wildman–Crippen MR) is 80.0 cm³/mol. The Morgan fingerprint density at radius 1 is 1.29 bits per heavy atom. The summed E-state index contributed by atoms with van der Waals surface area (Å²) in [7, 11) is 3.57. The SMILES string of the molecule is CCC(OC)OCc1cn(-c2ccc(CNC)cc2)nn1. The van der Waals surface area contributed by atoms with Crippen LogP contribution in [0.4, 0.5) is 0 Å². The number of aromatic nitrogens is 3. The van der Waals surface area contributed by atoms with E-state index in [4.69, 9.17) is 9.47 Å². The van der Waals surface area contributed by atoms with E-state index in [1.165, 1.54) is 5.56 Å². The Kier molecular flexibility index (Phi) is 5.86. The van der Waals surface area contributed by atoms with E-state index < -0.39 is 0 Å². The van der Waals surface area contributed by atoms with Crippen LogP contribution in [0, 0.1) is 0 Å². The van der Waals surface area contributed by atoms with Gasteiger partial charge < -0.3 is 14.8 Å². The van der Waals surface area contributed by atoms with Gasteiger partial charge in [0.25, 0.3) is 0 Å². The third-order valence-corrected chi connectivity index (χ3v) is 3.14. The molecule has 114 valence electrons. The molecule has 0 spiro atoms. The van der Waals surface area contributed by atoms with Crippen molar-refractivity contribution in [1.29, 1.82) is 0 Å². The van der Waals surface area contributed by atoms with Crippen molar-refractivity contribution in [3.05, 3.63) is 41.7 Å². The summed E-state index contributed by atoms with van der Waals surface area (Å²) in [4.78, 5) is 0. The summed E-state index contributed by atoms with van der Waals surface area (Å²) in [5.41, 5.74) is 2.99. The largest absolute Gasteiger partial charge is 0.356 e. The molecule has 0 aliphatic rings. The maximum Gasteiger partial charge on any atom is 0.157 e. The fraction of sp³-hybridized carbons (Fsp3) is 0.467. The first-order chi connectivity index (χ1) is 10.3. The van der Waals surface area contributed by atoms with Gasteiger partial charge in [-0.05, 0) is 31.2 Å². The predicted octanol–water partition coefficient (Wildman–Crippen LogP) is 1.89. The molecule has 21 heavy (non-hydrogen) atoms. The molecule has 1 unspecified atom stereocenters. The van der Waals surface area contributed by atoms with Crippen molar-refractivity contribution in [2.75, 3.05) is 14.2 Å². The minimum atomic E-state index is -0.198. The van der Waals surface area contributed by atoms with Gasteiger partial charge in [0, 0.05) is 13.7 Å². The molecule has 0 saturated carbocycles. The van der Waals surface area contributed by atoms with Gasteiger partial charge in [-0.1, -0.05) is 24.3 Å². The molecular formula is C15H22N4O2. The molecule has 1 N–H and O–H groups in total. The first kappa shape index (κ1) is 15.6. The van der Waals surface area contributed by atoms with Gasteiger partial charge in [0.15, 0.2) is 6.29 Å². The van der Waals surface area contributed by atoms with Crippen LogP contribution in [0.2, 0.25) is 0 Å². The van der Waals surface area contributed by atoms with Crippen molar-refractivity contribution in [3.8, 4) is 5.69 Å². The maximum absolute atomic E-state index is 5.58. The lowest BCUT2D eigenvalue weighted by Crippen LogP contribution is -2.13. The van der Waals surface area contributed by atoms with Crippen LogP contribution in [0.1, 0.15) is 24.6 Å².